The minimum atomic E-state index is -0.388. The highest BCUT2D eigenvalue weighted by atomic mass is 32.1. The Morgan fingerprint density at radius 3 is 3.09 bits per heavy atom. The first-order valence-corrected chi connectivity index (χ1v) is 3.81. The Kier molecular flexibility index (Phi) is 2.36. The number of carbonyl (C=O) groups excluding carboxylic acids is 1. The van der Waals surface area contributed by atoms with Crippen LogP contribution in [0.3, 0.4) is 0 Å². The molecule has 0 bridgehead atoms. The second-order valence-corrected chi connectivity index (χ2v) is 2.75. The molecule has 0 radical (unpaired) electrons. The molecule has 0 aliphatic heterocycles. The molecule has 2 N–H and O–H groups in total. The SMILES string of the molecule is C#CC(=O)c1csc(CN)n1. The molecule has 0 atom stereocenters. The van der Waals surface area contributed by atoms with Gasteiger partial charge in [-0.25, -0.2) is 4.98 Å². The quantitative estimate of drug-likeness (QED) is 0.393. The van der Waals surface area contributed by atoms with Crippen LogP contribution in [0.2, 0.25) is 0 Å². The fourth-order valence-electron chi connectivity index (χ4n) is 0.583. The minimum Gasteiger partial charge on any atom is -0.325 e. The first kappa shape index (κ1) is 7.92. The Morgan fingerprint density at radius 1 is 1.91 bits per heavy atom. The number of hydrogen-bond donors (Lipinski definition) is 1. The van der Waals surface area contributed by atoms with Gasteiger partial charge >= 0.3 is 0 Å². The molecule has 1 aromatic heterocycles. The molecule has 0 aliphatic rings. The lowest BCUT2D eigenvalue weighted by atomic mass is 10.3. The fourth-order valence-corrected chi connectivity index (χ4v) is 1.24. The number of aromatic nitrogens is 1. The van der Waals surface area contributed by atoms with Crippen LogP contribution in [-0.2, 0) is 6.54 Å². The normalized spacial score (nSPS) is 9.09. The number of terminal acetylenes is 1. The van der Waals surface area contributed by atoms with E-state index >= 15 is 0 Å². The lowest BCUT2D eigenvalue weighted by Gasteiger charge is -1.83. The number of nitrogens with two attached hydrogens (primary N) is 1. The van der Waals surface area contributed by atoms with Gasteiger partial charge in [-0.2, -0.15) is 0 Å². The molecule has 1 rings (SSSR count). The van der Waals surface area contributed by atoms with Crippen molar-refractivity contribution in [3.05, 3.63) is 16.1 Å². The third-order valence-corrected chi connectivity index (χ3v) is 1.96. The van der Waals surface area contributed by atoms with E-state index in [4.69, 9.17) is 12.2 Å². The van der Waals surface area contributed by atoms with E-state index in [0.717, 1.165) is 5.01 Å². The monoisotopic (exact) mass is 166 g/mol. The molecule has 56 valence electrons. The highest BCUT2D eigenvalue weighted by molar-refractivity contribution is 7.09. The van der Waals surface area contributed by atoms with Crippen LogP contribution in [0.5, 0.6) is 0 Å². The largest absolute Gasteiger partial charge is 0.325 e. The maximum atomic E-state index is 10.8. The summed E-state index contributed by atoms with van der Waals surface area (Å²) in [5.74, 6) is 1.60. The predicted molar refractivity (Wildman–Crippen MR) is 43.2 cm³/mol. The molecule has 0 saturated heterocycles. The van der Waals surface area contributed by atoms with Crippen LogP contribution in [0.1, 0.15) is 15.5 Å². The number of ketones is 1. The van der Waals surface area contributed by atoms with E-state index < -0.39 is 0 Å². The smallest absolute Gasteiger partial charge is 0.254 e. The van der Waals surface area contributed by atoms with Gasteiger partial charge in [0.2, 0.25) is 0 Å². The summed E-state index contributed by atoms with van der Waals surface area (Å²) < 4.78 is 0. The van der Waals surface area contributed by atoms with Gasteiger partial charge in [-0.15, -0.1) is 17.8 Å². The van der Waals surface area contributed by atoms with Gasteiger partial charge in [0.1, 0.15) is 10.7 Å². The summed E-state index contributed by atoms with van der Waals surface area (Å²) in [6.07, 6.45) is 4.89. The van der Waals surface area contributed by atoms with Crippen molar-refractivity contribution in [2.75, 3.05) is 0 Å². The second-order valence-electron chi connectivity index (χ2n) is 1.80. The zero-order chi connectivity index (χ0) is 8.27. The Hall–Kier alpha value is -1.18. The van der Waals surface area contributed by atoms with Crippen molar-refractivity contribution in [3.63, 3.8) is 0 Å². The Balaban J connectivity index is 2.91. The van der Waals surface area contributed by atoms with Gasteiger partial charge < -0.3 is 5.73 Å². The standard InChI is InChI=1S/C7H6N2OS/c1-2-6(10)5-4-11-7(3-8)9-5/h1,4H,3,8H2. The molecule has 0 spiro atoms. The number of rotatable bonds is 2. The van der Waals surface area contributed by atoms with Crippen LogP contribution in [0.15, 0.2) is 5.38 Å². The van der Waals surface area contributed by atoms with E-state index in [0.29, 0.717) is 12.2 Å². The zero-order valence-corrected chi connectivity index (χ0v) is 6.52. The summed E-state index contributed by atoms with van der Waals surface area (Å²) in [6, 6.07) is 0. The van der Waals surface area contributed by atoms with Crippen molar-refractivity contribution >= 4 is 17.1 Å². The molecule has 1 aromatic rings. The number of thiazole rings is 1. The topological polar surface area (TPSA) is 56.0 Å². The lowest BCUT2D eigenvalue weighted by Crippen LogP contribution is -1.98. The van der Waals surface area contributed by atoms with Crippen molar-refractivity contribution < 1.29 is 4.79 Å². The molecule has 0 aliphatic carbocycles. The molecule has 1 heterocycles. The average Bonchev–Trinajstić information content (AvgIpc) is 2.50. The first-order chi connectivity index (χ1) is 5.27. The van der Waals surface area contributed by atoms with Crippen molar-refractivity contribution in [1.29, 1.82) is 0 Å². The minimum absolute atomic E-state index is 0.318. The average molecular weight is 166 g/mol. The van der Waals surface area contributed by atoms with Crippen molar-refractivity contribution in [2.45, 2.75) is 6.54 Å². The van der Waals surface area contributed by atoms with Gasteiger partial charge in [0.25, 0.3) is 5.78 Å². The summed E-state index contributed by atoms with van der Waals surface area (Å²) >= 11 is 1.34. The Morgan fingerprint density at radius 2 is 2.64 bits per heavy atom. The van der Waals surface area contributed by atoms with Crippen molar-refractivity contribution in [3.8, 4) is 12.3 Å². The van der Waals surface area contributed by atoms with E-state index in [1.165, 1.54) is 11.3 Å². The number of Topliss-reactive ketones (excluding diaryl/α,β-unsaturated/α-hetero) is 1. The Bertz CT molecular complexity index is 310. The second kappa shape index (κ2) is 3.28. The van der Waals surface area contributed by atoms with Gasteiger partial charge in [-0.05, 0) is 5.92 Å². The number of nitrogens with zero attached hydrogens (tertiary/aromatic N) is 1. The predicted octanol–water partition coefficient (Wildman–Crippen LogP) is 0.418. The summed E-state index contributed by atoms with van der Waals surface area (Å²) in [5.41, 5.74) is 5.61. The van der Waals surface area contributed by atoms with Gasteiger partial charge in [0.15, 0.2) is 0 Å². The number of hydrogen-bond acceptors (Lipinski definition) is 4. The summed E-state index contributed by atoms with van der Waals surface area (Å²) in [4.78, 5) is 14.7. The van der Waals surface area contributed by atoms with E-state index in [2.05, 4.69) is 4.98 Å². The van der Waals surface area contributed by atoms with Crippen LogP contribution in [-0.4, -0.2) is 10.8 Å². The van der Waals surface area contributed by atoms with Gasteiger partial charge in [-0.3, -0.25) is 4.79 Å². The molecule has 0 fully saturated rings. The van der Waals surface area contributed by atoms with Crippen molar-refractivity contribution in [1.82, 2.24) is 4.98 Å². The third kappa shape index (κ3) is 1.64. The lowest BCUT2D eigenvalue weighted by molar-refractivity contribution is 0.105. The third-order valence-electron chi connectivity index (χ3n) is 1.09. The highest BCUT2D eigenvalue weighted by Gasteiger charge is 2.05. The molecule has 4 heteroatoms. The van der Waals surface area contributed by atoms with Crippen LogP contribution in [0, 0.1) is 12.3 Å². The van der Waals surface area contributed by atoms with Crippen LogP contribution >= 0.6 is 11.3 Å². The van der Waals surface area contributed by atoms with Gasteiger partial charge in [0, 0.05) is 11.9 Å². The fraction of sp³-hybridized carbons (Fsp3) is 0.143. The Labute approximate surface area is 68.3 Å². The molecular formula is C7H6N2OS. The molecule has 11 heavy (non-hydrogen) atoms. The van der Waals surface area contributed by atoms with Gasteiger partial charge in [0.05, 0.1) is 0 Å². The van der Waals surface area contributed by atoms with Crippen LogP contribution in [0.4, 0.5) is 0 Å². The summed E-state index contributed by atoms with van der Waals surface area (Å²) in [5, 5.41) is 2.34. The van der Waals surface area contributed by atoms with E-state index in [1.54, 1.807) is 5.38 Å². The summed E-state index contributed by atoms with van der Waals surface area (Å²) in [7, 11) is 0. The molecule has 0 saturated carbocycles. The maximum Gasteiger partial charge on any atom is 0.254 e. The number of carbonyl (C=O) groups is 1. The van der Waals surface area contributed by atoms with E-state index in [-0.39, 0.29) is 5.78 Å². The van der Waals surface area contributed by atoms with E-state index in [9.17, 15) is 4.79 Å². The molecule has 0 unspecified atom stereocenters. The zero-order valence-electron chi connectivity index (χ0n) is 5.70. The molecular weight excluding hydrogens is 160 g/mol. The van der Waals surface area contributed by atoms with Crippen LogP contribution < -0.4 is 5.73 Å². The van der Waals surface area contributed by atoms with Gasteiger partial charge in [-0.1, -0.05) is 0 Å². The molecule has 0 aromatic carbocycles. The summed E-state index contributed by atoms with van der Waals surface area (Å²) in [6.45, 7) is 0.350. The first-order valence-electron chi connectivity index (χ1n) is 2.93. The maximum absolute atomic E-state index is 10.8. The molecule has 0 amide bonds. The van der Waals surface area contributed by atoms with Crippen LogP contribution in [0.25, 0.3) is 0 Å². The van der Waals surface area contributed by atoms with Crippen molar-refractivity contribution in [2.24, 2.45) is 5.73 Å². The highest BCUT2D eigenvalue weighted by Crippen LogP contribution is 2.08. The van der Waals surface area contributed by atoms with E-state index in [1.807, 2.05) is 5.92 Å². The molecule has 3 nitrogen and oxygen atoms in total.